The Labute approximate surface area is 258 Å². The lowest BCUT2D eigenvalue weighted by atomic mass is 9.62. The van der Waals surface area contributed by atoms with Crippen LogP contribution in [0.5, 0.6) is 0 Å². The van der Waals surface area contributed by atoms with Crippen LogP contribution in [-0.2, 0) is 42.4 Å². The zero-order valence-electron chi connectivity index (χ0n) is 25.0. The summed E-state index contributed by atoms with van der Waals surface area (Å²) in [7, 11) is 1.91. The number of tetrazole rings is 1. The molecule has 1 saturated carbocycles. The number of aromatic nitrogens is 4. The van der Waals surface area contributed by atoms with Crippen LogP contribution in [0.25, 0.3) is 0 Å². The third-order valence-corrected chi connectivity index (χ3v) is 10.4. The lowest BCUT2D eigenvalue weighted by Crippen LogP contribution is -2.57. The molecule has 228 valence electrons. The highest BCUT2D eigenvalue weighted by atomic mass is 35.5. The number of aryl methyl sites for hydroxylation is 1. The van der Waals surface area contributed by atoms with E-state index in [4.69, 9.17) is 11.6 Å². The number of nitrogens with zero attached hydrogens (tertiary/aromatic N) is 5. The first-order chi connectivity index (χ1) is 20.9. The molecular weight excluding hydrogens is 562 g/mol. The third kappa shape index (κ3) is 6.78. The number of hydrogen-bond acceptors (Lipinski definition) is 6. The molecule has 1 aromatic heterocycles. The highest BCUT2D eigenvalue weighted by Crippen LogP contribution is 2.47. The fourth-order valence-corrected chi connectivity index (χ4v) is 7.64. The molecule has 0 radical (unpaired) electrons. The Kier molecular flexibility index (Phi) is 9.09. The molecule has 0 unspecified atom stereocenters. The summed E-state index contributed by atoms with van der Waals surface area (Å²) in [5, 5.41) is 19.5. The van der Waals surface area contributed by atoms with Gasteiger partial charge in [-0.2, -0.15) is 0 Å². The van der Waals surface area contributed by atoms with E-state index < -0.39 is 6.04 Å². The van der Waals surface area contributed by atoms with E-state index in [1.54, 1.807) is 4.68 Å². The van der Waals surface area contributed by atoms with Gasteiger partial charge in [0.2, 0.25) is 11.8 Å². The summed E-state index contributed by atoms with van der Waals surface area (Å²) in [6, 6.07) is 14.7. The first-order valence-corrected chi connectivity index (χ1v) is 16.1. The quantitative estimate of drug-likeness (QED) is 0.403. The van der Waals surface area contributed by atoms with Crippen molar-refractivity contribution < 1.29 is 9.59 Å². The Morgan fingerprint density at radius 1 is 1.05 bits per heavy atom. The first kappa shape index (κ1) is 29.8. The van der Waals surface area contributed by atoms with Crippen LogP contribution in [0.4, 0.5) is 0 Å². The summed E-state index contributed by atoms with van der Waals surface area (Å²) < 4.78 is 1.79. The molecule has 1 aliphatic carbocycles. The summed E-state index contributed by atoms with van der Waals surface area (Å²) >= 11 is 6.14. The van der Waals surface area contributed by atoms with Crippen molar-refractivity contribution in [2.45, 2.75) is 82.8 Å². The van der Waals surface area contributed by atoms with Gasteiger partial charge in [0.05, 0.1) is 6.04 Å². The molecule has 43 heavy (non-hydrogen) atoms. The van der Waals surface area contributed by atoms with E-state index in [2.05, 4.69) is 38.3 Å². The second-order valence-electron chi connectivity index (χ2n) is 12.7. The van der Waals surface area contributed by atoms with Gasteiger partial charge in [0.1, 0.15) is 6.04 Å². The van der Waals surface area contributed by atoms with Crippen molar-refractivity contribution in [3.63, 3.8) is 0 Å². The minimum Gasteiger partial charge on any atom is -0.343 e. The van der Waals surface area contributed by atoms with Crippen LogP contribution in [0.2, 0.25) is 5.02 Å². The van der Waals surface area contributed by atoms with E-state index in [9.17, 15) is 9.59 Å². The van der Waals surface area contributed by atoms with Crippen LogP contribution in [0, 0.1) is 11.3 Å². The maximum absolute atomic E-state index is 14.2. The van der Waals surface area contributed by atoms with Crippen molar-refractivity contribution in [1.82, 2.24) is 35.7 Å². The van der Waals surface area contributed by atoms with Crippen molar-refractivity contribution in [3.05, 3.63) is 76.1 Å². The predicted octanol–water partition coefficient (Wildman–Crippen LogP) is 4.04. The molecular formula is C33H42ClN7O2. The Hall–Kier alpha value is -3.30. The molecule has 2 aromatic carbocycles. The molecule has 2 fully saturated rings. The predicted molar refractivity (Wildman–Crippen MR) is 165 cm³/mol. The Morgan fingerprint density at radius 3 is 2.47 bits per heavy atom. The smallest absolute Gasteiger partial charge is 0.245 e. The topological polar surface area (TPSA) is 105 Å². The van der Waals surface area contributed by atoms with Crippen molar-refractivity contribution >= 4 is 23.4 Å². The van der Waals surface area contributed by atoms with Crippen molar-refractivity contribution in [2.24, 2.45) is 18.4 Å². The van der Waals surface area contributed by atoms with E-state index in [0.29, 0.717) is 43.4 Å². The maximum Gasteiger partial charge on any atom is 0.245 e. The van der Waals surface area contributed by atoms with Gasteiger partial charge in [-0.05, 0) is 82.7 Å². The average Bonchev–Trinajstić information content (AvgIpc) is 3.45. The third-order valence-electron chi connectivity index (χ3n) is 10.1. The lowest BCUT2D eigenvalue weighted by molar-refractivity contribution is -0.139. The number of nitrogens with one attached hydrogen (secondary N) is 2. The van der Waals surface area contributed by atoms with Crippen LogP contribution >= 0.6 is 11.6 Å². The van der Waals surface area contributed by atoms with Crippen LogP contribution < -0.4 is 10.6 Å². The van der Waals surface area contributed by atoms with Gasteiger partial charge in [0.15, 0.2) is 5.82 Å². The number of halogens is 1. The summed E-state index contributed by atoms with van der Waals surface area (Å²) in [6.45, 7) is 1.98. The summed E-state index contributed by atoms with van der Waals surface area (Å²) in [5.41, 5.74) is 3.43. The zero-order valence-corrected chi connectivity index (χ0v) is 25.7. The van der Waals surface area contributed by atoms with E-state index in [1.807, 2.05) is 48.3 Å². The second kappa shape index (κ2) is 13.1. The van der Waals surface area contributed by atoms with Crippen molar-refractivity contribution in [3.8, 4) is 0 Å². The number of piperidine rings is 1. The second-order valence-corrected chi connectivity index (χ2v) is 13.2. The van der Waals surface area contributed by atoms with Gasteiger partial charge < -0.3 is 15.5 Å². The molecule has 1 saturated heterocycles. The largest absolute Gasteiger partial charge is 0.343 e. The van der Waals surface area contributed by atoms with Gasteiger partial charge >= 0.3 is 0 Å². The highest BCUT2D eigenvalue weighted by Gasteiger charge is 2.44. The number of carbonyl (C=O) groups is 2. The van der Waals surface area contributed by atoms with Crippen LogP contribution in [0.15, 0.2) is 48.5 Å². The maximum atomic E-state index is 14.2. The van der Waals surface area contributed by atoms with Gasteiger partial charge in [-0.1, -0.05) is 67.3 Å². The molecule has 0 bridgehead atoms. The summed E-state index contributed by atoms with van der Waals surface area (Å²) in [6.07, 6.45) is 9.98. The van der Waals surface area contributed by atoms with Gasteiger partial charge in [-0.3, -0.25) is 9.59 Å². The fourth-order valence-electron chi connectivity index (χ4n) is 7.52. The lowest BCUT2D eigenvalue weighted by Gasteiger charge is -2.48. The number of likely N-dealkylation sites (tertiary alicyclic amines) is 1. The van der Waals surface area contributed by atoms with Gasteiger partial charge in [0.25, 0.3) is 0 Å². The fraction of sp³-hybridized carbons (Fsp3) is 0.545. The molecule has 2 N–H and O–H groups in total. The van der Waals surface area contributed by atoms with Gasteiger partial charge in [-0.15, -0.1) is 5.10 Å². The number of rotatable bonds is 8. The first-order valence-electron chi connectivity index (χ1n) is 15.8. The Morgan fingerprint density at radius 2 is 1.77 bits per heavy atom. The highest BCUT2D eigenvalue weighted by molar-refractivity contribution is 6.30. The molecule has 3 aliphatic rings. The van der Waals surface area contributed by atoms with Crippen molar-refractivity contribution in [2.75, 3.05) is 13.1 Å². The van der Waals surface area contributed by atoms with Crippen LogP contribution in [0.1, 0.15) is 67.5 Å². The van der Waals surface area contributed by atoms with E-state index in [1.165, 1.54) is 43.2 Å². The van der Waals surface area contributed by atoms with Crippen molar-refractivity contribution in [1.29, 1.82) is 0 Å². The van der Waals surface area contributed by atoms with Crippen LogP contribution in [-0.4, -0.2) is 62.1 Å². The minimum atomic E-state index is -0.655. The molecule has 3 aromatic rings. The standard InChI is InChI=1S/C33H42ClN7O2/c1-40-30(37-38-39-40)21-33(26-9-3-2-4-10-26)15-17-41(18-16-33)32(43)29(19-23-11-13-27(34)14-12-23)36-31(42)28-20-24-7-5-6-8-25(24)22-35-28/h5-8,11-14,26,28-29,35H,2-4,9-10,15-22H2,1H3,(H,36,42)/t28-,29-/m1/s1. The van der Waals surface area contributed by atoms with Crippen LogP contribution in [0.3, 0.4) is 0 Å². The normalized spacial score (nSPS) is 21.2. The van der Waals surface area contributed by atoms with Gasteiger partial charge in [0, 0.05) is 44.5 Å². The van der Waals surface area contributed by atoms with E-state index >= 15 is 0 Å². The monoisotopic (exact) mass is 603 g/mol. The number of benzene rings is 2. The van der Waals surface area contributed by atoms with E-state index in [0.717, 1.165) is 30.7 Å². The molecule has 2 amide bonds. The number of amides is 2. The van der Waals surface area contributed by atoms with E-state index in [-0.39, 0.29) is 23.3 Å². The van der Waals surface area contributed by atoms with Gasteiger partial charge in [-0.25, -0.2) is 4.68 Å². The molecule has 10 heteroatoms. The molecule has 9 nitrogen and oxygen atoms in total. The summed E-state index contributed by atoms with van der Waals surface area (Å²) in [4.78, 5) is 29.7. The molecule has 6 rings (SSSR count). The number of hydrogen-bond donors (Lipinski definition) is 2. The molecule has 3 heterocycles. The molecule has 2 aliphatic heterocycles. The number of carbonyl (C=O) groups excluding carboxylic acids is 2. The summed E-state index contributed by atoms with van der Waals surface area (Å²) in [5.74, 6) is 1.38. The molecule has 2 atom stereocenters. The number of fused-ring (bicyclic) bond motifs is 1. The minimum absolute atomic E-state index is 0.0166. The average molecular weight is 604 g/mol. The Balaban J connectivity index is 1.17. The molecule has 0 spiro atoms. The Bertz CT molecular complexity index is 1410. The zero-order chi connectivity index (χ0) is 29.8. The SMILES string of the molecule is Cn1nnnc1CC1(C2CCCCC2)CCN(C(=O)[C@@H](Cc2ccc(Cl)cc2)NC(=O)[C@H]2Cc3ccccc3CN2)CC1.